The number of sulfone groups is 2. The van der Waals surface area contributed by atoms with Crippen molar-refractivity contribution >= 4 is 39.4 Å². The van der Waals surface area contributed by atoms with Gasteiger partial charge in [0.05, 0.1) is 27.0 Å². The van der Waals surface area contributed by atoms with E-state index in [1.807, 2.05) is 0 Å². The van der Waals surface area contributed by atoms with Crippen LogP contribution in [-0.2, 0) is 28.7 Å². The zero-order chi connectivity index (χ0) is 15.6. The lowest BCUT2D eigenvalue weighted by Crippen LogP contribution is -2.14. The molecule has 1 rings (SSSR count). The predicted molar refractivity (Wildman–Crippen MR) is 75.9 cm³/mol. The maximum Gasteiger partial charge on any atom is 0.233 e. The lowest BCUT2D eigenvalue weighted by Gasteiger charge is -2.05. The molecule has 0 atom stereocenters. The highest BCUT2D eigenvalue weighted by molar-refractivity contribution is 8.14. The predicted octanol–water partition coefficient (Wildman–Crippen LogP) is 0.823. The van der Waals surface area contributed by atoms with Gasteiger partial charge >= 0.3 is 0 Å². The number of benzene rings is 1. The Hall–Kier alpha value is -0.640. The fraction of sp³-hybridized carbons (Fsp3) is 0.400. The molecule has 0 saturated carbocycles. The molecule has 6 nitrogen and oxygen atoms in total. The van der Waals surface area contributed by atoms with E-state index in [1.165, 1.54) is 19.1 Å². The molecule has 1 aromatic rings. The van der Waals surface area contributed by atoms with Crippen molar-refractivity contribution in [3.05, 3.63) is 24.3 Å². The third kappa shape index (κ3) is 4.72. The number of rotatable bonds is 6. The molecule has 0 spiro atoms. The molecule has 0 unspecified atom stereocenters. The first kappa shape index (κ1) is 17.4. The zero-order valence-electron chi connectivity index (χ0n) is 10.5. The standard InChI is InChI=1S/C10H13ClO6S3/c1-2-18(12,13)9-3-5-10(6-4-9)19(14,15)7-8-20(11,16)17/h3-6H,2,7-8H2,1H3. The molecule has 1 aromatic carbocycles. The molecular weight excluding hydrogens is 348 g/mol. The monoisotopic (exact) mass is 360 g/mol. The van der Waals surface area contributed by atoms with Crippen LogP contribution in [0.15, 0.2) is 34.1 Å². The van der Waals surface area contributed by atoms with Crippen molar-refractivity contribution in [2.75, 3.05) is 17.3 Å². The molecule has 0 aliphatic rings. The molecule has 0 aromatic heterocycles. The molecular formula is C10H13ClO6S3. The summed E-state index contributed by atoms with van der Waals surface area (Å²) in [5.41, 5.74) is 0. The zero-order valence-corrected chi connectivity index (χ0v) is 13.7. The first-order valence-corrected chi connectivity index (χ1v) is 11.2. The van der Waals surface area contributed by atoms with Crippen LogP contribution in [0.3, 0.4) is 0 Å². The van der Waals surface area contributed by atoms with Gasteiger partial charge in [0.15, 0.2) is 19.7 Å². The van der Waals surface area contributed by atoms with Crippen LogP contribution in [-0.4, -0.2) is 42.5 Å². The smallest absolute Gasteiger partial charge is 0.224 e. The Labute approximate surface area is 123 Å². The quantitative estimate of drug-likeness (QED) is 0.696. The Morgan fingerprint density at radius 1 is 0.800 bits per heavy atom. The lowest BCUT2D eigenvalue weighted by molar-refractivity contribution is 0.591. The van der Waals surface area contributed by atoms with Crippen LogP contribution in [0.1, 0.15) is 6.92 Å². The highest BCUT2D eigenvalue weighted by Crippen LogP contribution is 2.17. The first-order chi connectivity index (χ1) is 8.98. The fourth-order valence-corrected chi connectivity index (χ4v) is 5.26. The van der Waals surface area contributed by atoms with E-state index in [0.717, 1.165) is 12.1 Å². The molecule has 0 radical (unpaired) electrons. The molecule has 0 aliphatic carbocycles. The summed E-state index contributed by atoms with van der Waals surface area (Å²) in [6.45, 7) is 1.48. The van der Waals surface area contributed by atoms with Crippen molar-refractivity contribution in [1.29, 1.82) is 0 Å². The van der Waals surface area contributed by atoms with E-state index in [1.54, 1.807) is 0 Å². The van der Waals surface area contributed by atoms with Crippen molar-refractivity contribution in [1.82, 2.24) is 0 Å². The van der Waals surface area contributed by atoms with E-state index in [0.29, 0.717) is 0 Å². The van der Waals surface area contributed by atoms with Gasteiger partial charge in [-0.25, -0.2) is 25.3 Å². The van der Waals surface area contributed by atoms with Gasteiger partial charge in [-0.3, -0.25) is 0 Å². The summed E-state index contributed by atoms with van der Waals surface area (Å²) in [7, 11) is -6.17. The van der Waals surface area contributed by atoms with Crippen molar-refractivity contribution < 1.29 is 25.3 Å². The Bertz CT molecular complexity index is 776. The molecule has 0 fully saturated rings. The third-order valence-electron chi connectivity index (χ3n) is 2.52. The van der Waals surface area contributed by atoms with Crippen LogP contribution < -0.4 is 0 Å². The van der Waals surface area contributed by atoms with E-state index in [-0.39, 0.29) is 15.5 Å². The SMILES string of the molecule is CCS(=O)(=O)c1ccc(S(=O)(=O)CCS(=O)(=O)Cl)cc1. The van der Waals surface area contributed by atoms with Gasteiger partial charge in [-0.15, -0.1) is 0 Å². The van der Waals surface area contributed by atoms with Gasteiger partial charge in [0.25, 0.3) is 0 Å². The Morgan fingerprint density at radius 2 is 1.20 bits per heavy atom. The van der Waals surface area contributed by atoms with E-state index in [2.05, 4.69) is 0 Å². The normalized spacial score (nSPS) is 13.3. The summed E-state index contributed by atoms with van der Waals surface area (Å²) in [6, 6.07) is 4.64. The van der Waals surface area contributed by atoms with E-state index in [9.17, 15) is 25.3 Å². The summed E-state index contributed by atoms with van der Waals surface area (Å²) >= 11 is 0. The minimum absolute atomic E-state index is 0.0175. The summed E-state index contributed by atoms with van der Waals surface area (Å²) in [6.07, 6.45) is 0. The lowest BCUT2D eigenvalue weighted by atomic mass is 10.4. The number of halogens is 1. The fourth-order valence-electron chi connectivity index (χ4n) is 1.35. The van der Waals surface area contributed by atoms with Crippen molar-refractivity contribution in [2.24, 2.45) is 0 Å². The molecule has 0 amide bonds. The second kappa shape index (κ2) is 6.00. The summed E-state index contributed by atoms with van der Waals surface area (Å²) in [5, 5.41) is 0. The number of hydrogen-bond donors (Lipinski definition) is 0. The van der Waals surface area contributed by atoms with Gasteiger partial charge in [-0.05, 0) is 24.3 Å². The highest BCUT2D eigenvalue weighted by atomic mass is 35.7. The second-order valence-corrected chi connectivity index (χ2v) is 11.2. The van der Waals surface area contributed by atoms with Crippen LogP contribution in [0, 0.1) is 0 Å². The van der Waals surface area contributed by atoms with Crippen LogP contribution in [0.2, 0.25) is 0 Å². The van der Waals surface area contributed by atoms with Crippen molar-refractivity contribution in [3.63, 3.8) is 0 Å². The Morgan fingerprint density at radius 3 is 1.55 bits per heavy atom. The molecule has 0 N–H and O–H groups in total. The van der Waals surface area contributed by atoms with Gasteiger partial charge in [-0.1, -0.05) is 6.92 Å². The molecule has 0 saturated heterocycles. The van der Waals surface area contributed by atoms with Crippen LogP contribution >= 0.6 is 10.7 Å². The van der Waals surface area contributed by atoms with E-state index >= 15 is 0 Å². The molecule has 0 aliphatic heterocycles. The van der Waals surface area contributed by atoms with Gasteiger partial charge in [0.2, 0.25) is 9.05 Å². The van der Waals surface area contributed by atoms with Gasteiger partial charge in [-0.2, -0.15) is 0 Å². The molecule has 0 heterocycles. The van der Waals surface area contributed by atoms with Gasteiger partial charge in [0, 0.05) is 10.7 Å². The topological polar surface area (TPSA) is 102 Å². The second-order valence-electron chi connectivity index (χ2n) is 3.94. The van der Waals surface area contributed by atoms with E-state index in [4.69, 9.17) is 10.7 Å². The van der Waals surface area contributed by atoms with Crippen LogP contribution in [0.25, 0.3) is 0 Å². The van der Waals surface area contributed by atoms with Crippen LogP contribution in [0.4, 0.5) is 0 Å². The summed E-state index contributed by atoms with van der Waals surface area (Å²) in [4.78, 5) is -0.128. The van der Waals surface area contributed by atoms with Crippen molar-refractivity contribution in [2.45, 2.75) is 16.7 Å². The maximum atomic E-state index is 11.8. The first-order valence-electron chi connectivity index (χ1n) is 5.46. The maximum absolute atomic E-state index is 11.8. The highest BCUT2D eigenvalue weighted by Gasteiger charge is 2.19. The third-order valence-corrected chi connectivity index (χ3v) is 7.41. The van der Waals surface area contributed by atoms with Crippen molar-refractivity contribution in [3.8, 4) is 0 Å². The average molecular weight is 361 g/mol. The minimum atomic E-state index is -3.90. The van der Waals surface area contributed by atoms with Gasteiger partial charge < -0.3 is 0 Å². The van der Waals surface area contributed by atoms with Crippen LogP contribution in [0.5, 0.6) is 0 Å². The molecule has 20 heavy (non-hydrogen) atoms. The summed E-state index contributed by atoms with van der Waals surface area (Å²) < 4.78 is 68.3. The molecule has 114 valence electrons. The molecule has 0 bridgehead atoms. The van der Waals surface area contributed by atoms with Gasteiger partial charge in [0.1, 0.15) is 0 Å². The average Bonchev–Trinajstić information content (AvgIpc) is 2.36. The largest absolute Gasteiger partial charge is 0.233 e. The Kier molecular flexibility index (Phi) is 5.23. The van der Waals surface area contributed by atoms with E-state index < -0.39 is 40.2 Å². The Balaban J connectivity index is 3.05. The summed E-state index contributed by atoms with van der Waals surface area (Å²) in [5.74, 6) is -1.45. The minimum Gasteiger partial charge on any atom is -0.224 e. The number of hydrogen-bond acceptors (Lipinski definition) is 6. The molecule has 10 heteroatoms.